The zero-order valence-corrected chi connectivity index (χ0v) is 17.4. The molecule has 152 valence electrons. The van der Waals surface area contributed by atoms with Crippen molar-refractivity contribution in [3.63, 3.8) is 0 Å². The van der Waals surface area contributed by atoms with Gasteiger partial charge in [0.2, 0.25) is 5.91 Å². The number of primary amides is 1. The van der Waals surface area contributed by atoms with Gasteiger partial charge in [-0.15, -0.1) is 0 Å². The van der Waals surface area contributed by atoms with Crippen molar-refractivity contribution in [1.29, 1.82) is 0 Å². The molecule has 0 saturated carbocycles. The lowest BCUT2D eigenvalue weighted by Crippen LogP contribution is -2.41. The normalized spacial score (nSPS) is 13.0. The standard InChI is InChI=1S/C20H34N4O3/c1-7-22-19(23-13-20(5,6)18(21)25)24-14(4)15-10-11-16(26-8-2)17(12-15)27-9-3/h10-12,14H,7-9,13H2,1-6H3,(H2,21,25)(H2,22,23,24). The van der Waals surface area contributed by atoms with Gasteiger partial charge in [-0.25, -0.2) is 0 Å². The molecule has 7 heteroatoms. The minimum absolute atomic E-state index is 0.0191. The molecule has 1 aromatic carbocycles. The van der Waals surface area contributed by atoms with Crippen LogP contribution in [0.4, 0.5) is 0 Å². The summed E-state index contributed by atoms with van der Waals surface area (Å²) in [6, 6.07) is 5.88. The van der Waals surface area contributed by atoms with E-state index in [2.05, 4.69) is 15.6 Å². The first kappa shape index (κ1) is 22.6. The fourth-order valence-electron chi connectivity index (χ4n) is 2.30. The molecule has 1 amide bonds. The van der Waals surface area contributed by atoms with Gasteiger partial charge >= 0.3 is 0 Å². The fourth-order valence-corrected chi connectivity index (χ4v) is 2.30. The smallest absolute Gasteiger partial charge is 0.224 e. The van der Waals surface area contributed by atoms with E-state index >= 15 is 0 Å². The molecule has 0 saturated heterocycles. The number of amides is 1. The average Bonchev–Trinajstić information content (AvgIpc) is 2.61. The lowest BCUT2D eigenvalue weighted by atomic mass is 9.93. The molecular weight excluding hydrogens is 344 g/mol. The molecule has 0 fully saturated rings. The van der Waals surface area contributed by atoms with E-state index in [0.717, 1.165) is 17.1 Å². The van der Waals surface area contributed by atoms with Crippen LogP contribution in [-0.4, -0.2) is 38.2 Å². The zero-order chi connectivity index (χ0) is 20.4. The van der Waals surface area contributed by atoms with Crippen LogP contribution in [0.2, 0.25) is 0 Å². The van der Waals surface area contributed by atoms with Crippen LogP contribution < -0.4 is 25.8 Å². The molecule has 27 heavy (non-hydrogen) atoms. The SMILES string of the molecule is CCNC(=NCC(C)(C)C(N)=O)NC(C)c1ccc(OCC)c(OCC)c1. The van der Waals surface area contributed by atoms with Gasteiger partial charge in [0.15, 0.2) is 17.5 Å². The number of nitrogens with zero attached hydrogens (tertiary/aromatic N) is 1. The van der Waals surface area contributed by atoms with Crippen LogP contribution in [0.1, 0.15) is 53.1 Å². The number of nitrogens with two attached hydrogens (primary N) is 1. The summed E-state index contributed by atoms with van der Waals surface area (Å²) >= 11 is 0. The largest absolute Gasteiger partial charge is 0.490 e. The van der Waals surface area contributed by atoms with E-state index in [-0.39, 0.29) is 11.9 Å². The maximum absolute atomic E-state index is 11.5. The van der Waals surface area contributed by atoms with E-state index in [1.807, 2.05) is 45.9 Å². The van der Waals surface area contributed by atoms with Crippen LogP contribution in [-0.2, 0) is 4.79 Å². The predicted molar refractivity (Wildman–Crippen MR) is 109 cm³/mol. The molecule has 7 nitrogen and oxygen atoms in total. The molecule has 0 aliphatic carbocycles. The van der Waals surface area contributed by atoms with Gasteiger partial charge in [-0.2, -0.15) is 0 Å². The Kier molecular flexibility index (Phi) is 8.91. The zero-order valence-electron chi connectivity index (χ0n) is 17.4. The lowest BCUT2D eigenvalue weighted by molar-refractivity contribution is -0.125. The average molecular weight is 379 g/mol. The van der Waals surface area contributed by atoms with Gasteiger partial charge in [0.25, 0.3) is 0 Å². The third-order valence-corrected chi connectivity index (χ3v) is 4.06. The summed E-state index contributed by atoms with van der Waals surface area (Å²) in [5.74, 6) is 1.72. The molecule has 0 aromatic heterocycles. The number of ether oxygens (including phenoxy) is 2. The molecular formula is C20H34N4O3. The summed E-state index contributed by atoms with van der Waals surface area (Å²) in [6.07, 6.45) is 0. The maximum atomic E-state index is 11.5. The number of benzene rings is 1. The predicted octanol–water partition coefficient (Wildman–Crippen LogP) is 2.61. The molecule has 1 unspecified atom stereocenters. The van der Waals surface area contributed by atoms with Crippen molar-refractivity contribution in [2.75, 3.05) is 26.3 Å². The molecule has 0 spiro atoms. The summed E-state index contributed by atoms with van der Waals surface area (Å²) in [6.45, 7) is 13.7. The van der Waals surface area contributed by atoms with Gasteiger partial charge in [0.1, 0.15) is 0 Å². The molecule has 4 N–H and O–H groups in total. The first-order valence-corrected chi connectivity index (χ1v) is 9.49. The number of rotatable bonds is 10. The topological polar surface area (TPSA) is 98.0 Å². The van der Waals surface area contributed by atoms with Crippen molar-refractivity contribution < 1.29 is 14.3 Å². The highest BCUT2D eigenvalue weighted by molar-refractivity contribution is 5.82. The van der Waals surface area contributed by atoms with E-state index in [4.69, 9.17) is 15.2 Å². The quantitative estimate of drug-likeness (QED) is 0.429. The first-order chi connectivity index (χ1) is 12.7. The second-order valence-electron chi connectivity index (χ2n) is 6.88. The summed E-state index contributed by atoms with van der Waals surface area (Å²) in [4.78, 5) is 16.0. The van der Waals surface area contributed by atoms with Gasteiger partial charge in [-0.05, 0) is 59.2 Å². The van der Waals surface area contributed by atoms with Gasteiger partial charge in [0, 0.05) is 6.54 Å². The first-order valence-electron chi connectivity index (χ1n) is 9.49. The number of hydrogen-bond donors (Lipinski definition) is 3. The number of aliphatic imine (C=N–C) groups is 1. The molecule has 0 aliphatic rings. The van der Waals surface area contributed by atoms with Crippen LogP contribution >= 0.6 is 0 Å². The number of guanidine groups is 1. The Bertz CT molecular complexity index is 644. The summed E-state index contributed by atoms with van der Waals surface area (Å²) in [5.41, 5.74) is 5.77. The Morgan fingerprint density at radius 3 is 2.37 bits per heavy atom. The minimum atomic E-state index is -0.702. The van der Waals surface area contributed by atoms with Crippen LogP contribution in [0.5, 0.6) is 11.5 Å². The molecule has 0 aliphatic heterocycles. The molecule has 1 rings (SSSR count). The summed E-state index contributed by atoms with van der Waals surface area (Å²) in [5, 5.41) is 6.55. The van der Waals surface area contributed by atoms with Crippen LogP contribution in [0.3, 0.4) is 0 Å². The Balaban J connectivity index is 2.96. The Hall–Kier alpha value is -2.44. The van der Waals surface area contributed by atoms with E-state index in [1.165, 1.54) is 0 Å². The number of nitrogens with one attached hydrogen (secondary N) is 2. The van der Waals surface area contributed by atoms with Gasteiger partial charge < -0.3 is 25.8 Å². The Morgan fingerprint density at radius 1 is 1.19 bits per heavy atom. The van der Waals surface area contributed by atoms with Gasteiger partial charge in [0.05, 0.1) is 31.2 Å². The van der Waals surface area contributed by atoms with Crippen molar-refractivity contribution in [1.82, 2.24) is 10.6 Å². The van der Waals surface area contributed by atoms with E-state index in [1.54, 1.807) is 13.8 Å². The van der Waals surface area contributed by atoms with Crippen molar-refractivity contribution >= 4 is 11.9 Å². The second kappa shape index (κ2) is 10.6. The Morgan fingerprint density at radius 2 is 1.81 bits per heavy atom. The van der Waals surface area contributed by atoms with Crippen molar-refractivity contribution in [2.24, 2.45) is 16.1 Å². The van der Waals surface area contributed by atoms with E-state index in [0.29, 0.717) is 32.3 Å². The lowest BCUT2D eigenvalue weighted by Gasteiger charge is -2.22. The van der Waals surface area contributed by atoms with Gasteiger partial charge in [-0.1, -0.05) is 6.07 Å². The van der Waals surface area contributed by atoms with Crippen LogP contribution in [0.25, 0.3) is 0 Å². The number of carbonyl (C=O) groups is 1. The van der Waals surface area contributed by atoms with Crippen molar-refractivity contribution in [3.05, 3.63) is 23.8 Å². The van der Waals surface area contributed by atoms with Crippen molar-refractivity contribution in [3.8, 4) is 11.5 Å². The number of hydrogen-bond acceptors (Lipinski definition) is 4. The molecule has 0 radical (unpaired) electrons. The minimum Gasteiger partial charge on any atom is -0.490 e. The highest BCUT2D eigenvalue weighted by Crippen LogP contribution is 2.30. The van der Waals surface area contributed by atoms with E-state index < -0.39 is 5.41 Å². The summed E-state index contributed by atoms with van der Waals surface area (Å²) < 4.78 is 11.3. The van der Waals surface area contributed by atoms with Gasteiger partial charge in [-0.3, -0.25) is 9.79 Å². The Labute approximate surface area is 162 Å². The van der Waals surface area contributed by atoms with Crippen molar-refractivity contribution in [2.45, 2.75) is 47.6 Å². The van der Waals surface area contributed by atoms with E-state index in [9.17, 15) is 4.79 Å². The fraction of sp³-hybridized carbons (Fsp3) is 0.600. The second-order valence-corrected chi connectivity index (χ2v) is 6.88. The highest BCUT2D eigenvalue weighted by Gasteiger charge is 2.24. The molecule has 0 bridgehead atoms. The van der Waals surface area contributed by atoms with Crippen LogP contribution in [0, 0.1) is 5.41 Å². The third kappa shape index (κ3) is 7.00. The molecule has 1 atom stereocenters. The monoisotopic (exact) mass is 378 g/mol. The van der Waals surface area contributed by atoms with Crippen LogP contribution in [0.15, 0.2) is 23.2 Å². The number of carbonyl (C=O) groups excluding carboxylic acids is 1. The summed E-state index contributed by atoms with van der Waals surface area (Å²) in [7, 11) is 0. The molecule has 1 aromatic rings. The maximum Gasteiger partial charge on any atom is 0.224 e. The molecule has 0 heterocycles. The third-order valence-electron chi connectivity index (χ3n) is 4.06. The highest BCUT2D eigenvalue weighted by atomic mass is 16.5.